The maximum absolute atomic E-state index is 5.44. The summed E-state index contributed by atoms with van der Waals surface area (Å²) >= 11 is 1.60. The van der Waals surface area contributed by atoms with E-state index in [1.165, 1.54) is 5.56 Å². The van der Waals surface area contributed by atoms with E-state index in [9.17, 15) is 0 Å². The Balaban J connectivity index is 1.79. The summed E-state index contributed by atoms with van der Waals surface area (Å²) in [5.74, 6) is 2.82. The number of benzene rings is 2. The van der Waals surface area contributed by atoms with Crippen molar-refractivity contribution in [2.24, 2.45) is 0 Å². The molecule has 0 saturated carbocycles. The summed E-state index contributed by atoms with van der Waals surface area (Å²) in [6.07, 6.45) is 1.80. The average Bonchev–Trinajstić information content (AvgIpc) is 3.22. The van der Waals surface area contributed by atoms with Gasteiger partial charge in [0.15, 0.2) is 11.0 Å². The van der Waals surface area contributed by atoms with Gasteiger partial charge in [0.1, 0.15) is 11.5 Å². The van der Waals surface area contributed by atoms with E-state index in [4.69, 9.17) is 9.47 Å². The zero-order valence-electron chi connectivity index (χ0n) is 17.1. The highest BCUT2D eigenvalue weighted by molar-refractivity contribution is 7.98. The number of nitrogens with zero attached hydrogens (tertiary/aromatic N) is 4. The third-order valence-electron chi connectivity index (χ3n) is 4.61. The van der Waals surface area contributed by atoms with Crippen LogP contribution < -0.4 is 9.47 Å². The summed E-state index contributed by atoms with van der Waals surface area (Å²) in [7, 11) is 3.27. The second-order valence-electron chi connectivity index (χ2n) is 6.69. The number of methoxy groups -OCH3 is 2. The molecular weight excluding hydrogens is 396 g/mol. The molecule has 4 aromatic rings. The maximum atomic E-state index is 5.44. The summed E-state index contributed by atoms with van der Waals surface area (Å²) in [5, 5.41) is 9.79. The van der Waals surface area contributed by atoms with Crippen LogP contribution >= 0.6 is 11.8 Å². The van der Waals surface area contributed by atoms with Crippen LogP contribution in [0.3, 0.4) is 0 Å². The van der Waals surface area contributed by atoms with Crippen molar-refractivity contribution >= 4 is 11.8 Å². The van der Waals surface area contributed by atoms with Crippen molar-refractivity contribution in [3.63, 3.8) is 0 Å². The Morgan fingerprint density at radius 1 is 0.900 bits per heavy atom. The van der Waals surface area contributed by atoms with Crippen molar-refractivity contribution in [1.82, 2.24) is 19.7 Å². The Morgan fingerprint density at radius 2 is 1.63 bits per heavy atom. The van der Waals surface area contributed by atoms with Crippen LogP contribution in [0.1, 0.15) is 11.3 Å². The third-order valence-corrected chi connectivity index (χ3v) is 5.57. The molecule has 0 amide bonds. The largest absolute Gasteiger partial charge is 0.497 e. The van der Waals surface area contributed by atoms with Gasteiger partial charge in [0, 0.05) is 29.3 Å². The Morgan fingerprint density at radius 3 is 2.27 bits per heavy atom. The molecule has 2 heterocycles. The summed E-state index contributed by atoms with van der Waals surface area (Å²) < 4.78 is 12.9. The predicted octanol–water partition coefficient (Wildman–Crippen LogP) is 4.95. The second kappa shape index (κ2) is 9.00. The van der Waals surface area contributed by atoms with E-state index in [2.05, 4.69) is 50.9 Å². The monoisotopic (exact) mass is 418 g/mol. The molecule has 0 bridgehead atoms. The number of aromatic nitrogens is 4. The van der Waals surface area contributed by atoms with Gasteiger partial charge in [0.05, 0.1) is 19.9 Å². The van der Waals surface area contributed by atoms with Crippen LogP contribution in [0.5, 0.6) is 11.5 Å². The van der Waals surface area contributed by atoms with Crippen molar-refractivity contribution in [2.45, 2.75) is 17.8 Å². The highest BCUT2D eigenvalue weighted by Gasteiger charge is 2.18. The van der Waals surface area contributed by atoms with E-state index in [0.717, 1.165) is 27.9 Å². The van der Waals surface area contributed by atoms with Crippen LogP contribution in [0.4, 0.5) is 0 Å². The minimum Gasteiger partial charge on any atom is -0.497 e. The van der Waals surface area contributed by atoms with Crippen molar-refractivity contribution in [3.8, 4) is 28.6 Å². The normalized spacial score (nSPS) is 10.8. The first-order valence-electron chi connectivity index (χ1n) is 9.46. The van der Waals surface area contributed by atoms with Crippen molar-refractivity contribution in [1.29, 1.82) is 0 Å². The third kappa shape index (κ3) is 4.31. The van der Waals surface area contributed by atoms with Gasteiger partial charge < -0.3 is 9.47 Å². The predicted molar refractivity (Wildman–Crippen MR) is 118 cm³/mol. The standard InChI is InChI=1S/C23H22N4O2S/c1-16-7-9-19(10-8-16)27-22(17-12-20(28-2)14-21(13-17)29-3)25-26-23(27)30-15-18-6-4-5-11-24-18/h4-14H,15H2,1-3H3. The van der Waals surface area contributed by atoms with E-state index in [1.54, 1.807) is 32.2 Å². The molecule has 0 fully saturated rings. The number of ether oxygens (including phenoxy) is 2. The smallest absolute Gasteiger partial charge is 0.196 e. The zero-order valence-corrected chi connectivity index (χ0v) is 17.9. The highest BCUT2D eigenvalue weighted by atomic mass is 32.2. The van der Waals surface area contributed by atoms with E-state index in [0.29, 0.717) is 17.3 Å². The number of thioether (sulfide) groups is 1. The molecule has 6 nitrogen and oxygen atoms in total. The van der Waals surface area contributed by atoms with Gasteiger partial charge in [-0.1, -0.05) is 35.5 Å². The van der Waals surface area contributed by atoms with Gasteiger partial charge in [-0.2, -0.15) is 0 Å². The highest BCUT2D eigenvalue weighted by Crippen LogP contribution is 2.33. The first kappa shape index (κ1) is 20.0. The van der Waals surface area contributed by atoms with Gasteiger partial charge in [0.2, 0.25) is 0 Å². The van der Waals surface area contributed by atoms with Crippen LogP contribution in [-0.2, 0) is 5.75 Å². The van der Waals surface area contributed by atoms with Crippen LogP contribution in [0, 0.1) is 6.92 Å². The number of pyridine rings is 1. The number of hydrogen-bond acceptors (Lipinski definition) is 6. The molecular formula is C23H22N4O2S. The van der Waals surface area contributed by atoms with Crippen LogP contribution in [0.15, 0.2) is 72.0 Å². The van der Waals surface area contributed by atoms with Gasteiger partial charge in [0.25, 0.3) is 0 Å². The summed E-state index contributed by atoms with van der Waals surface area (Å²) in [5.41, 5.74) is 4.04. The molecule has 0 atom stereocenters. The first-order chi connectivity index (χ1) is 14.7. The van der Waals surface area contributed by atoms with Crippen molar-refractivity contribution < 1.29 is 9.47 Å². The van der Waals surface area contributed by atoms with Gasteiger partial charge in [-0.05, 0) is 43.3 Å². The number of hydrogen-bond donors (Lipinski definition) is 0. The Bertz CT molecular complexity index is 1110. The molecule has 0 aliphatic rings. The molecule has 0 N–H and O–H groups in total. The van der Waals surface area contributed by atoms with E-state index >= 15 is 0 Å². The zero-order chi connectivity index (χ0) is 20.9. The molecule has 0 aliphatic heterocycles. The fourth-order valence-electron chi connectivity index (χ4n) is 3.04. The van der Waals surface area contributed by atoms with Crippen LogP contribution in [0.25, 0.3) is 17.1 Å². The SMILES string of the molecule is COc1cc(OC)cc(-c2nnc(SCc3ccccn3)n2-c2ccc(C)cc2)c1. The molecule has 30 heavy (non-hydrogen) atoms. The minimum absolute atomic E-state index is 0.700. The Kier molecular flexibility index (Phi) is 5.99. The number of aryl methyl sites for hydroxylation is 1. The topological polar surface area (TPSA) is 62.1 Å². The number of rotatable bonds is 7. The molecule has 0 radical (unpaired) electrons. The lowest BCUT2D eigenvalue weighted by Crippen LogP contribution is -2.01. The Hall–Kier alpha value is -3.32. The lowest BCUT2D eigenvalue weighted by atomic mass is 10.1. The van der Waals surface area contributed by atoms with Crippen molar-refractivity contribution in [3.05, 3.63) is 78.1 Å². The molecule has 0 saturated heterocycles. The van der Waals surface area contributed by atoms with Crippen LogP contribution in [0.2, 0.25) is 0 Å². The average molecular weight is 419 g/mol. The molecule has 7 heteroatoms. The molecule has 2 aromatic heterocycles. The molecule has 0 unspecified atom stereocenters. The summed E-state index contributed by atoms with van der Waals surface area (Å²) in [6, 6.07) is 19.9. The van der Waals surface area contributed by atoms with Gasteiger partial charge in [-0.3, -0.25) is 9.55 Å². The minimum atomic E-state index is 0.700. The van der Waals surface area contributed by atoms with E-state index in [-0.39, 0.29) is 0 Å². The summed E-state index contributed by atoms with van der Waals surface area (Å²) in [6.45, 7) is 2.07. The van der Waals surface area contributed by atoms with Crippen LogP contribution in [-0.4, -0.2) is 34.0 Å². The van der Waals surface area contributed by atoms with E-state index < -0.39 is 0 Å². The molecule has 0 aliphatic carbocycles. The summed E-state index contributed by atoms with van der Waals surface area (Å²) in [4.78, 5) is 4.41. The van der Waals surface area contributed by atoms with Gasteiger partial charge in [-0.25, -0.2) is 0 Å². The lowest BCUT2D eigenvalue weighted by Gasteiger charge is -2.12. The fourth-order valence-corrected chi connectivity index (χ4v) is 3.90. The quantitative estimate of drug-likeness (QED) is 0.396. The molecule has 4 rings (SSSR count). The molecule has 152 valence electrons. The van der Waals surface area contributed by atoms with Gasteiger partial charge >= 0.3 is 0 Å². The second-order valence-corrected chi connectivity index (χ2v) is 7.63. The Labute approximate surface area is 179 Å². The van der Waals surface area contributed by atoms with E-state index in [1.807, 2.05) is 36.4 Å². The molecule has 2 aromatic carbocycles. The van der Waals surface area contributed by atoms with Gasteiger partial charge in [-0.15, -0.1) is 10.2 Å². The first-order valence-corrected chi connectivity index (χ1v) is 10.4. The lowest BCUT2D eigenvalue weighted by molar-refractivity contribution is 0.394. The molecule has 0 spiro atoms. The fraction of sp³-hybridized carbons (Fsp3) is 0.174. The maximum Gasteiger partial charge on any atom is 0.196 e. The van der Waals surface area contributed by atoms with Crippen molar-refractivity contribution in [2.75, 3.05) is 14.2 Å².